The van der Waals surface area contributed by atoms with E-state index in [9.17, 15) is 18.0 Å². The smallest absolute Gasteiger partial charge is 0.416 e. The van der Waals surface area contributed by atoms with Gasteiger partial charge in [-0.1, -0.05) is 18.2 Å². The van der Waals surface area contributed by atoms with Gasteiger partial charge in [0.25, 0.3) is 5.91 Å². The number of aromatic nitrogens is 2. The summed E-state index contributed by atoms with van der Waals surface area (Å²) in [6.45, 7) is 8.45. The second kappa shape index (κ2) is 10.2. The molecule has 0 aliphatic carbocycles. The zero-order valence-electron chi connectivity index (χ0n) is 19.6. The number of hydrogen-bond acceptors (Lipinski definition) is 4. The van der Waals surface area contributed by atoms with Crippen molar-refractivity contribution in [2.75, 3.05) is 13.2 Å². The molecule has 182 valence electrons. The minimum Gasteiger partial charge on any atom is -0.494 e. The number of ether oxygens (including phenoxy) is 2. The van der Waals surface area contributed by atoms with E-state index in [4.69, 9.17) is 9.47 Å². The molecule has 1 amide bonds. The Morgan fingerprint density at radius 1 is 1.06 bits per heavy atom. The highest BCUT2D eigenvalue weighted by Gasteiger charge is 2.31. The number of benzene rings is 2. The lowest BCUT2D eigenvalue weighted by Crippen LogP contribution is -2.33. The second-order valence-electron chi connectivity index (χ2n) is 8.65. The number of rotatable bonds is 8. The van der Waals surface area contributed by atoms with Crippen LogP contribution in [-0.4, -0.2) is 28.8 Å². The molecule has 0 unspecified atom stereocenters. The first-order chi connectivity index (χ1) is 16.0. The number of carbonyl (C=O) groups excluding carboxylic acids is 1. The predicted molar refractivity (Wildman–Crippen MR) is 122 cm³/mol. The highest BCUT2D eigenvalue weighted by atomic mass is 19.4. The van der Waals surface area contributed by atoms with E-state index < -0.39 is 23.2 Å². The van der Waals surface area contributed by atoms with E-state index in [2.05, 4.69) is 10.4 Å². The van der Waals surface area contributed by atoms with Gasteiger partial charge in [0.15, 0.2) is 11.4 Å². The lowest BCUT2D eigenvalue weighted by atomic mass is 10.1. The van der Waals surface area contributed by atoms with Crippen molar-refractivity contribution >= 4 is 5.91 Å². The molecule has 34 heavy (non-hydrogen) atoms. The summed E-state index contributed by atoms with van der Waals surface area (Å²) in [5.74, 6) is 0.389. The van der Waals surface area contributed by atoms with Crippen molar-refractivity contribution in [3.63, 3.8) is 0 Å². The van der Waals surface area contributed by atoms with Crippen molar-refractivity contribution in [1.29, 1.82) is 0 Å². The molecule has 6 nitrogen and oxygen atoms in total. The molecule has 2 aromatic carbocycles. The molecule has 9 heteroatoms. The van der Waals surface area contributed by atoms with Crippen molar-refractivity contribution < 1.29 is 27.4 Å². The van der Waals surface area contributed by atoms with Crippen LogP contribution in [0.5, 0.6) is 17.2 Å². The molecule has 1 heterocycles. The van der Waals surface area contributed by atoms with E-state index in [1.54, 1.807) is 0 Å². The average Bonchev–Trinajstić information content (AvgIpc) is 3.19. The fraction of sp³-hybridized carbons (Fsp3) is 0.360. The quantitative estimate of drug-likeness (QED) is 0.446. The van der Waals surface area contributed by atoms with E-state index in [1.165, 1.54) is 23.0 Å². The van der Waals surface area contributed by atoms with E-state index in [-0.39, 0.29) is 17.2 Å². The number of nitrogens with one attached hydrogen (secondary N) is 1. The summed E-state index contributed by atoms with van der Waals surface area (Å²) in [5, 5.41) is 7.12. The van der Waals surface area contributed by atoms with Gasteiger partial charge >= 0.3 is 6.18 Å². The van der Waals surface area contributed by atoms with Crippen molar-refractivity contribution in [2.24, 2.45) is 0 Å². The van der Waals surface area contributed by atoms with Crippen LogP contribution in [0.25, 0.3) is 0 Å². The Bertz CT molecular complexity index is 1120. The third-order valence-corrected chi connectivity index (χ3v) is 4.91. The number of halogens is 3. The Labute approximate surface area is 196 Å². The molecule has 1 aromatic heterocycles. The van der Waals surface area contributed by atoms with E-state index in [1.807, 2.05) is 52.0 Å². The minimum absolute atomic E-state index is 0.0354. The van der Waals surface area contributed by atoms with E-state index >= 15 is 0 Å². The topological polar surface area (TPSA) is 65.4 Å². The number of hydrogen-bond donors (Lipinski definition) is 1. The molecule has 0 bridgehead atoms. The largest absolute Gasteiger partial charge is 0.494 e. The molecule has 0 aliphatic rings. The number of amides is 1. The predicted octanol–water partition coefficient (Wildman–Crippen LogP) is 5.82. The van der Waals surface area contributed by atoms with Gasteiger partial charge in [0, 0.05) is 6.54 Å². The molecule has 0 fully saturated rings. The van der Waals surface area contributed by atoms with Gasteiger partial charge in [0.05, 0.1) is 23.9 Å². The number of carbonyl (C=O) groups is 1. The Hall–Kier alpha value is -3.49. The van der Waals surface area contributed by atoms with Crippen LogP contribution in [0.3, 0.4) is 0 Å². The van der Waals surface area contributed by atoms with Crippen LogP contribution in [0.4, 0.5) is 13.2 Å². The van der Waals surface area contributed by atoms with Crippen LogP contribution in [0.1, 0.15) is 49.3 Å². The Balaban J connectivity index is 1.77. The molecule has 0 radical (unpaired) electrons. The summed E-state index contributed by atoms with van der Waals surface area (Å²) in [4.78, 5) is 13.1. The molecule has 0 spiro atoms. The number of nitrogens with zero attached hydrogens (tertiary/aromatic N) is 2. The van der Waals surface area contributed by atoms with Crippen LogP contribution >= 0.6 is 0 Å². The van der Waals surface area contributed by atoms with Gasteiger partial charge in [0.1, 0.15) is 11.5 Å². The van der Waals surface area contributed by atoms with Crippen molar-refractivity contribution in [1.82, 2.24) is 15.1 Å². The highest BCUT2D eigenvalue weighted by Crippen LogP contribution is 2.34. The van der Waals surface area contributed by atoms with Gasteiger partial charge in [-0.05, 0) is 70.0 Å². The van der Waals surface area contributed by atoms with E-state index in [0.717, 1.165) is 23.4 Å². The lowest BCUT2D eigenvalue weighted by molar-refractivity contribution is -0.137. The highest BCUT2D eigenvalue weighted by molar-refractivity contribution is 5.95. The number of alkyl halides is 3. The van der Waals surface area contributed by atoms with Gasteiger partial charge in [0.2, 0.25) is 0 Å². The van der Waals surface area contributed by atoms with Crippen LogP contribution in [0.2, 0.25) is 0 Å². The Morgan fingerprint density at radius 2 is 1.76 bits per heavy atom. The van der Waals surface area contributed by atoms with Crippen LogP contribution < -0.4 is 14.8 Å². The SMILES string of the molecule is CCOc1ccc(CCNC(=O)c2c(Oc3cccc(C(F)(F)F)c3)cnn2C(C)(C)C)cc1. The summed E-state index contributed by atoms with van der Waals surface area (Å²) in [7, 11) is 0. The average molecular weight is 476 g/mol. The molecule has 0 aliphatic heterocycles. The normalized spacial score (nSPS) is 11.9. The molecule has 3 aromatic rings. The van der Waals surface area contributed by atoms with Gasteiger partial charge in [-0.2, -0.15) is 18.3 Å². The molecule has 1 N–H and O–H groups in total. The fourth-order valence-corrected chi connectivity index (χ4v) is 3.31. The first-order valence-corrected chi connectivity index (χ1v) is 10.9. The van der Waals surface area contributed by atoms with Gasteiger partial charge in [-0.15, -0.1) is 0 Å². The molecule has 0 atom stereocenters. The zero-order valence-corrected chi connectivity index (χ0v) is 19.6. The minimum atomic E-state index is -4.50. The Morgan fingerprint density at radius 3 is 2.38 bits per heavy atom. The molecule has 0 saturated heterocycles. The zero-order chi connectivity index (χ0) is 24.9. The van der Waals surface area contributed by atoms with Crippen molar-refractivity contribution in [2.45, 2.75) is 45.8 Å². The van der Waals surface area contributed by atoms with Crippen LogP contribution in [0.15, 0.2) is 54.7 Å². The summed E-state index contributed by atoms with van der Waals surface area (Å²) in [6.07, 6.45) is -2.57. The molecular formula is C25H28F3N3O3. The maximum atomic E-state index is 13.1. The summed E-state index contributed by atoms with van der Waals surface area (Å²) in [6, 6.07) is 12.1. The maximum Gasteiger partial charge on any atom is 0.416 e. The maximum absolute atomic E-state index is 13.1. The van der Waals surface area contributed by atoms with Gasteiger partial charge in [-0.25, -0.2) is 0 Å². The summed E-state index contributed by atoms with van der Waals surface area (Å²) in [5.41, 5.74) is -0.239. The van der Waals surface area contributed by atoms with Gasteiger partial charge in [-0.3, -0.25) is 9.48 Å². The summed E-state index contributed by atoms with van der Waals surface area (Å²) >= 11 is 0. The van der Waals surface area contributed by atoms with Crippen LogP contribution in [-0.2, 0) is 18.1 Å². The first kappa shape index (κ1) is 25.1. The van der Waals surface area contributed by atoms with Crippen molar-refractivity contribution in [3.05, 3.63) is 71.5 Å². The molecule has 0 saturated carbocycles. The van der Waals surface area contributed by atoms with Gasteiger partial charge < -0.3 is 14.8 Å². The second-order valence-corrected chi connectivity index (χ2v) is 8.65. The third kappa shape index (κ3) is 6.30. The third-order valence-electron chi connectivity index (χ3n) is 4.91. The monoisotopic (exact) mass is 475 g/mol. The first-order valence-electron chi connectivity index (χ1n) is 10.9. The fourth-order valence-electron chi connectivity index (χ4n) is 3.31. The Kier molecular flexibility index (Phi) is 7.54. The van der Waals surface area contributed by atoms with Crippen molar-refractivity contribution in [3.8, 4) is 17.2 Å². The molecule has 3 rings (SSSR count). The standard InChI is InChI=1S/C25H28F3N3O3/c1-5-33-19-11-9-17(10-12-19)13-14-29-23(32)22-21(16-30-31(22)24(2,3)4)34-20-8-6-7-18(15-20)25(26,27)28/h6-12,15-16H,5,13-14H2,1-4H3,(H,29,32). The molecular weight excluding hydrogens is 447 g/mol. The van der Waals surface area contributed by atoms with Crippen LogP contribution in [0, 0.1) is 0 Å². The summed E-state index contributed by atoms with van der Waals surface area (Å²) < 4.78 is 51.8. The van der Waals surface area contributed by atoms with E-state index in [0.29, 0.717) is 19.6 Å². The lowest BCUT2D eigenvalue weighted by Gasteiger charge is -2.22.